The summed E-state index contributed by atoms with van der Waals surface area (Å²) in [5, 5.41) is 3.00. The van der Waals surface area contributed by atoms with Gasteiger partial charge >= 0.3 is 0 Å². The number of carbonyl (C=O) groups is 2. The maximum absolute atomic E-state index is 12.5. The molecule has 2 rings (SSSR count). The highest BCUT2D eigenvalue weighted by atomic mass is 16.2. The van der Waals surface area contributed by atoms with Crippen molar-refractivity contribution < 1.29 is 9.59 Å². The number of nitrogens with one attached hydrogen (secondary N) is 1. The Kier molecular flexibility index (Phi) is 6.16. The minimum absolute atomic E-state index is 0.00611. The summed E-state index contributed by atoms with van der Waals surface area (Å²) in [5.74, 6) is 0.244. The van der Waals surface area contributed by atoms with Crippen molar-refractivity contribution in [2.75, 3.05) is 33.7 Å². The van der Waals surface area contributed by atoms with Crippen LogP contribution in [0.4, 0.5) is 0 Å². The van der Waals surface area contributed by atoms with Crippen LogP contribution in [0.25, 0.3) is 0 Å². The number of likely N-dealkylation sites (tertiary alicyclic amines) is 1. The fourth-order valence-corrected chi connectivity index (χ4v) is 2.95. The normalized spacial score (nSPS) is 16.0. The van der Waals surface area contributed by atoms with Gasteiger partial charge in [-0.1, -0.05) is 29.8 Å². The van der Waals surface area contributed by atoms with E-state index < -0.39 is 0 Å². The quantitative estimate of drug-likeness (QED) is 0.779. The highest BCUT2D eigenvalue weighted by Gasteiger charge is 2.23. The SMILES string of the molecule is Cc1ccc(C(C(=O)NCCCN2CCCC2=O)N(C)C)cc1. The average molecular weight is 317 g/mol. The van der Waals surface area contributed by atoms with Crippen LogP contribution in [0.5, 0.6) is 0 Å². The summed E-state index contributed by atoms with van der Waals surface area (Å²) >= 11 is 0. The Morgan fingerprint density at radius 2 is 2.00 bits per heavy atom. The second kappa shape index (κ2) is 8.11. The zero-order valence-electron chi connectivity index (χ0n) is 14.3. The molecule has 0 aromatic heterocycles. The van der Waals surface area contributed by atoms with Crippen LogP contribution in [0.15, 0.2) is 24.3 Å². The van der Waals surface area contributed by atoms with E-state index in [0.29, 0.717) is 13.0 Å². The maximum Gasteiger partial charge on any atom is 0.241 e. The largest absolute Gasteiger partial charge is 0.354 e. The van der Waals surface area contributed by atoms with E-state index in [1.54, 1.807) is 0 Å². The van der Waals surface area contributed by atoms with Gasteiger partial charge < -0.3 is 10.2 Å². The molecular weight excluding hydrogens is 290 g/mol. The summed E-state index contributed by atoms with van der Waals surface area (Å²) in [6.45, 7) is 4.22. The monoisotopic (exact) mass is 317 g/mol. The van der Waals surface area contributed by atoms with Crippen molar-refractivity contribution in [1.29, 1.82) is 0 Å². The lowest BCUT2D eigenvalue weighted by Gasteiger charge is -2.24. The van der Waals surface area contributed by atoms with Gasteiger partial charge in [0.1, 0.15) is 6.04 Å². The summed E-state index contributed by atoms with van der Waals surface area (Å²) in [4.78, 5) is 27.8. The molecule has 1 aliphatic rings. The van der Waals surface area contributed by atoms with Crippen LogP contribution in [0.1, 0.15) is 36.4 Å². The highest BCUT2D eigenvalue weighted by molar-refractivity contribution is 5.83. The number of carbonyl (C=O) groups excluding carboxylic acids is 2. The molecule has 23 heavy (non-hydrogen) atoms. The molecule has 5 nitrogen and oxygen atoms in total. The second-order valence-corrected chi connectivity index (χ2v) is 6.41. The zero-order chi connectivity index (χ0) is 16.8. The number of rotatable bonds is 7. The molecule has 0 radical (unpaired) electrons. The van der Waals surface area contributed by atoms with Gasteiger partial charge in [0.2, 0.25) is 11.8 Å². The fraction of sp³-hybridized carbons (Fsp3) is 0.556. The molecule has 126 valence electrons. The molecule has 1 aliphatic heterocycles. The van der Waals surface area contributed by atoms with Gasteiger partial charge in [-0.15, -0.1) is 0 Å². The molecule has 2 amide bonds. The number of amides is 2. The van der Waals surface area contributed by atoms with Crippen molar-refractivity contribution >= 4 is 11.8 Å². The topological polar surface area (TPSA) is 52.7 Å². The second-order valence-electron chi connectivity index (χ2n) is 6.41. The first-order valence-corrected chi connectivity index (χ1v) is 8.27. The van der Waals surface area contributed by atoms with Gasteiger partial charge in [0, 0.05) is 26.1 Å². The maximum atomic E-state index is 12.5. The molecule has 0 spiro atoms. The van der Waals surface area contributed by atoms with Gasteiger partial charge in [-0.3, -0.25) is 14.5 Å². The predicted octanol–water partition coefficient (Wildman–Crippen LogP) is 1.73. The molecule has 1 heterocycles. The smallest absolute Gasteiger partial charge is 0.241 e. The van der Waals surface area contributed by atoms with Crippen LogP contribution >= 0.6 is 0 Å². The predicted molar refractivity (Wildman–Crippen MR) is 91.0 cm³/mol. The van der Waals surface area contributed by atoms with E-state index in [1.165, 1.54) is 5.56 Å². The van der Waals surface area contributed by atoms with Crippen LogP contribution in [0.2, 0.25) is 0 Å². The van der Waals surface area contributed by atoms with E-state index in [0.717, 1.165) is 31.5 Å². The minimum Gasteiger partial charge on any atom is -0.354 e. The number of nitrogens with zero attached hydrogens (tertiary/aromatic N) is 2. The van der Waals surface area contributed by atoms with Crippen LogP contribution in [0.3, 0.4) is 0 Å². The fourth-order valence-electron chi connectivity index (χ4n) is 2.95. The Balaban J connectivity index is 1.84. The van der Waals surface area contributed by atoms with Crippen molar-refractivity contribution in [1.82, 2.24) is 15.1 Å². The molecule has 1 aromatic rings. The molecule has 0 saturated carbocycles. The lowest BCUT2D eigenvalue weighted by molar-refractivity contribution is -0.127. The summed E-state index contributed by atoms with van der Waals surface area (Å²) in [6.07, 6.45) is 2.43. The van der Waals surface area contributed by atoms with Gasteiger partial charge in [0.15, 0.2) is 0 Å². The first kappa shape index (κ1) is 17.5. The molecule has 1 unspecified atom stereocenters. The first-order valence-electron chi connectivity index (χ1n) is 8.27. The molecule has 5 heteroatoms. The summed E-state index contributed by atoms with van der Waals surface area (Å²) in [6, 6.07) is 7.77. The van der Waals surface area contributed by atoms with Crippen LogP contribution < -0.4 is 5.32 Å². The molecule has 1 atom stereocenters. The van der Waals surface area contributed by atoms with E-state index in [4.69, 9.17) is 0 Å². The third-order valence-electron chi connectivity index (χ3n) is 4.23. The molecule has 0 aliphatic carbocycles. The Labute approximate surface area is 138 Å². The summed E-state index contributed by atoms with van der Waals surface area (Å²) in [5.41, 5.74) is 2.18. The third kappa shape index (κ3) is 4.79. The molecular formula is C18H27N3O2. The molecule has 1 aromatic carbocycles. The Morgan fingerprint density at radius 1 is 1.30 bits per heavy atom. The standard InChI is InChI=1S/C18H27N3O2/c1-14-7-9-15(10-8-14)17(20(2)3)18(23)19-11-5-13-21-12-4-6-16(21)22/h7-10,17H,4-6,11-13H2,1-3H3,(H,19,23). The number of hydrogen-bond donors (Lipinski definition) is 1. The van der Waals surface area contributed by atoms with Crippen molar-refractivity contribution in [2.24, 2.45) is 0 Å². The van der Waals surface area contributed by atoms with E-state index >= 15 is 0 Å². The van der Waals surface area contributed by atoms with Gasteiger partial charge in [0.25, 0.3) is 0 Å². The molecule has 1 fully saturated rings. The van der Waals surface area contributed by atoms with Crippen LogP contribution in [-0.4, -0.2) is 55.3 Å². The van der Waals surface area contributed by atoms with Gasteiger partial charge in [0.05, 0.1) is 0 Å². The third-order valence-corrected chi connectivity index (χ3v) is 4.23. The molecule has 0 bridgehead atoms. The Morgan fingerprint density at radius 3 is 2.57 bits per heavy atom. The molecule has 1 saturated heterocycles. The van der Waals surface area contributed by atoms with Gasteiger partial charge in [-0.2, -0.15) is 0 Å². The lowest BCUT2D eigenvalue weighted by Crippen LogP contribution is -2.38. The number of benzene rings is 1. The van der Waals surface area contributed by atoms with E-state index in [2.05, 4.69) is 5.32 Å². The Bertz CT molecular complexity index is 540. The van der Waals surface area contributed by atoms with Crippen molar-refractivity contribution in [3.63, 3.8) is 0 Å². The Hall–Kier alpha value is -1.88. The van der Waals surface area contributed by atoms with E-state index in [-0.39, 0.29) is 17.9 Å². The van der Waals surface area contributed by atoms with Crippen molar-refractivity contribution in [2.45, 2.75) is 32.2 Å². The average Bonchev–Trinajstić information content (AvgIpc) is 2.91. The first-order chi connectivity index (χ1) is 11.0. The summed E-state index contributed by atoms with van der Waals surface area (Å²) < 4.78 is 0. The highest BCUT2D eigenvalue weighted by Crippen LogP contribution is 2.19. The van der Waals surface area contributed by atoms with Gasteiger partial charge in [-0.25, -0.2) is 0 Å². The van der Waals surface area contributed by atoms with Crippen molar-refractivity contribution in [3.8, 4) is 0 Å². The number of aryl methyl sites for hydroxylation is 1. The van der Waals surface area contributed by atoms with Crippen LogP contribution in [-0.2, 0) is 9.59 Å². The number of hydrogen-bond acceptors (Lipinski definition) is 3. The molecule has 1 N–H and O–H groups in total. The minimum atomic E-state index is -0.288. The van der Waals surface area contributed by atoms with E-state index in [1.807, 2.05) is 55.1 Å². The van der Waals surface area contributed by atoms with Crippen LogP contribution in [0, 0.1) is 6.92 Å². The zero-order valence-corrected chi connectivity index (χ0v) is 14.3. The van der Waals surface area contributed by atoms with E-state index in [9.17, 15) is 9.59 Å². The lowest BCUT2D eigenvalue weighted by atomic mass is 10.0. The van der Waals surface area contributed by atoms with Gasteiger partial charge in [-0.05, 0) is 39.4 Å². The van der Waals surface area contributed by atoms with Crippen molar-refractivity contribution in [3.05, 3.63) is 35.4 Å². The number of likely N-dealkylation sites (N-methyl/N-ethyl adjacent to an activating group) is 1. The summed E-state index contributed by atoms with van der Waals surface area (Å²) in [7, 11) is 3.82.